The van der Waals surface area contributed by atoms with Crippen molar-refractivity contribution in [3.05, 3.63) is 54.1 Å². The highest BCUT2D eigenvalue weighted by atomic mass is 14.9. The molecule has 0 spiro atoms. The topological polar surface area (TPSA) is 12.0 Å². The van der Waals surface area contributed by atoms with Gasteiger partial charge in [-0.05, 0) is 13.0 Å². The number of hydrogen-bond donors (Lipinski definition) is 1. The molecule has 1 aliphatic rings. The third kappa shape index (κ3) is 2.42. The van der Waals surface area contributed by atoms with Crippen LogP contribution in [0.15, 0.2) is 48.6 Å². The Balaban J connectivity index is 1.91. The maximum atomic E-state index is 3.62. The summed E-state index contributed by atoms with van der Waals surface area (Å²) in [4.78, 5) is 0. The normalized spacial score (nSPS) is 19.6. The smallest absolute Gasteiger partial charge is 0.0131 e. The first kappa shape index (κ1) is 10.3. The van der Waals surface area contributed by atoms with Gasteiger partial charge >= 0.3 is 0 Å². The highest BCUT2D eigenvalue weighted by Gasteiger charge is 2.14. The molecule has 0 bridgehead atoms. The Morgan fingerprint density at radius 1 is 1.27 bits per heavy atom. The number of allylic oxidation sites excluding steroid dienone is 2. The summed E-state index contributed by atoms with van der Waals surface area (Å²) in [6, 6.07) is 9.44. The summed E-state index contributed by atoms with van der Waals surface area (Å²) in [7, 11) is 0. The largest absolute Gasteiger partial charge is 0.319 e. The highest BCUT2D eigenvalue weighted by molar-refractivity contribution is 5.22. The molecule has 0 saturated heterocycles. The summed E-state index contributed by atoms with van der Waals surface area (Å²) in [5.41, 5.74) is 1.37. The van der Waals surface area contributed by atoms with E-state index in [1.165, 1.54) is 5.56 Å². The molecule has 1 nitrogen and oxygen atoms in total. The quantitative estimate of drug-likeness (QED) is 0.736. The van der Waals surface area contributed by atoms with E-state index in [9.17, 15) is 0 Å². The summed E-state index contributed by atoms with van der Waals surface area (Å²) in [5, 5.41) is 3.62. The van der Waals surface area contributed by atoms with E-state index in [4.69, 9.17) is 0 Å². The van der Waals surface area contributed by atoms with Crippen molar-refractivity contribution in [2.45, 2.75) is 25.9 Å². The second-order valence-electron chi connectivity index (χ2n) is 4.24. The van der Waals surface area contributed by atoms with Crippen molar-refractivity contribution in [2.75, 3.05) is 0 Å². The van der Waals surface area contributed by atoms with Gasteiger partial charge in [-0.15, -0.1) is 0 Å². The van der Waals surface area contributed by atoms with Crippen LogP contribution in [0.3, 0.4) is 0 Å². The molecule has 1 heteroatoms. The van der Waals surface area contributed by atoms with Gasteiger partial charge in [0.1, 0.15) is 0 Å². The minimum Gasteiger partial charge on any atom is -0.319 e. The fourth-order valence-corrected chi connectivity index (χ4v) is 2.06. The van der Waals surface area contributed by atoms with Crippen LogP contribution in [-0.4, -0.2) is 6.04 Å². The van der Waals surface area contributed by atoms with Gasteiger partial charge in [-0.3, -0.25) is 0 Å². The van der Waals surface area contributed by atoms with Crippen molar-refractivity contribution < 1.29 is 0 Å². The fraction of sp³-hybridized carbons (Fsp3) is 0.357. The summed E-state index contributed by atoms with van der Waals surface area (Å²) in [6.45, 7) is 4.46. The van der Waals surface area contributed by atoms with Crippen molar-refractivity contribution in [3.8, 4) is 0 Å². The average molecular weight is 200 g/mol. The van der Waals surface area contributed by atoms with E-state index < -0.39 is 0 Å². The van der Waals surface area contributed by atoms with E-state index in [-0.39, 0.29) is 0 Å². The van der Waals surface area contributed by atoms with Crippen molar-refractivity contribution >= 4 is 0 Å². The third-order valence-corrected chi connectivity index (χ3v) is 3.06. The zero-order chi connectivity index (χ0) is 10.7. The lowest BCUT2D eigenvalue weighted by atomic mass is 10.0. The van der Waals surface area contributed by atoms with Crippen LogP contribution in [0, 0.1) is 5.92 Å². The predicted molar refractivity (Wildman–Crippen MR) is 64.8 cm³/mol. The van der Waals surface area contributed by atoms with Crippen LogP contribution < -0.4 is 5.32 Å². The zero-order valence-electron chi connectivity index (χ0n) is 9.35. The molecule has 0 aliphatic heterocycles. The molecule has 80 valence electrons. The molecule has 0 saturated carbocycles. The Labute approximate surface area is 91.9 Å². The first-order valence-corrected chi connectivity index (χ1v) is 5.60. The highest BCUT2D eigenvalue weighted by Crippen LogP contribution is 2.18. The van der Waals surface area contributed by atoms with Crippen LogP contribution in [0.5, 0.6) is 0 Å². The van der Waals surface area contributed by atoms with Crippen LogP contribution in [0.1, 0.15) is 25.5 Å². The predicted octanol–water partition coefficient (Wildman–Crippen LogP) is 3.19. The van der Waals surface area contributed by atoms with Gasteiger partial charge in [0.05, 0.1) is 0 Å². The molecule has 0 aromatic heterocycles. The van der Waals surface area contributed by atoms with Gasteiger partial charge in [-0.1, -0.05) is 31.2 Å². The average Bonchev–Trinajstić information content (AvgIpc) is 2.91. The molecule has 15 heavy (non-hydrogen) atoms. The first-order chi connectivity index (χ1) is 7.27. The number of rotatable bonds is 4. The molecule has 2 unspecified atom stereocenters. The van der Waals surface area contributed by atoms with Crippen LogP contribution in [0.2, 0.25) is 0 Å². The first-order valence-electron chi connectivity index (χ1n) is 5.60. The van der Waals surface area contributed by atoms with E-state index in [1.807, 2.05) is 0 Å². The van der Waals surface area contributed by atoms with Gasteiger partial charge in [-0.25, -0.2) is 6.07 Å². The fourth-order valence-electron chi connectivity index (χ4n) is 2.06. The molecule has 2 rings (SSSR count). The lowest BCUT2D eigenvalue weighted by Crippen LogP contribution is -2.33. The molecule has 1 aromatic carbocycles. The lowest BCUT2D eigenvalue weighted by molar-refractivity contribution is 0.438. The van der Waals surface area contributed by atoms with Gasteiger partial charge in [0.25, 0.3) is 0 Å². The van der Waals surface area contributed by atoms with Crippen molar-refractivity contribution in [1.82, 2.24) is 5.32 Å². The van der Waals surface area contributed by atoms with Crippen molar-refractivity contribution in [1.29, 1.82) is 0 Å². The third-order valence-electron chi connectivity index (χ3n) is 3.06. The van der Waals surface area contributed by atoms with Crippen LogP contribution in [0.4, 0.5) is 0 Å². The number of hydrogen-bond acceptors (Lipinski definition) is 1. The molecule has 1 aromatic rings. The Morgan fingerprint density at radius 2 is 2.00 bits per heavy atom. The molecular formula is C14H18N-. The molecule has 0 radical (unpaired) electrons. The zero-order valence-corrected chi connectivity index (χ0v) is 9.35. The second-order valence-corrected chi connectivity index (χ2v) is 4.24. The van der Waals surface area contributed by atoms with E-state index in [0.29, 0.717) is 18.0 Å². The molecule has 2 atom stereocenters. The summed E-state index contributed by atoms with van der Waals surface area (Å²) in [6.07, 6.45) is 8.73. The van der Waals surface area contributed by atoms with Gasteiger partial charge in [0.15, 0.2) is 0 Å². The van der Waals surface area contributed by atoms with E-state index in [0.717, 1.165) is 0 Å². The van der Waals surface area contributed by atoms with Gasteiger partial charge < -0.3 is 5.32 Å². The molecule has 0 fully saturated rings. The maximum Gasteiger partial charge on any atom is 0.0131 e. The Bertz CT molecular complexity index is 333. The van der Waals surface area contributed by atoms with Gasteiger partial charge in [-0.2, -0.15) is 23.8 Å². The standard InChI is InChI=1S/C14H18N/c1-11(13-7-3-4-8-13)15-12(2)14-9-5-6-10-14/h3-13,15H,1-2H3/q-1. The minimum atomic E-state index is 0.428. The van der Waals surface area contributed by atoms with Gasteiger partial charge in [0, 0.05) is 12.0 Å². The summed E-state index contributed by atoms with van der Waals surface area (Å²) < 4.78 is 0. The van der Waals surface area contributed by atoms with Crippen molar-refractivity contribution in [3.63, 3.8) is 0 Å². The Hall–Kier alpha value is -1.21. The van der Waals surface area contributed by atoms with Crippen LogP contribution in [0.25, 0.3) is 0 Å². The molecule has 0 heterocycles. The van der Waals surface area contributed by atoms with Crippen LogP contribution in [-0.2, 0) is 0 Å². The summed E-state index contributed by atoms with van der Waals surface area (Å²) >= 11 is 0. The SMILES string of the molecule is CC(NC(C)C1C=CC=C1)c1cc[cH-]c1. The minimum absolute atomic E-state index is 0.428. The van der Waals surface area contributed by atoms with Crippen molar-refractivity contribution in [2.24, 2.45) is 5.92 Å². The van der Waals surface area contributed by atoms with Gasteiger partial charge in [0.2, 0.25) is 0 Å². The molecule has 1 N–H and O–H groups in total. The monoisotopic (exact) mass is 200 g/mol. The lowest BCUT2D eigenvalue weighted by Gasteiger charge is -2.25. The molecule has 1 aliphatic carbocycles. The van der Waals surface area contributed by atoms with E-state index in [2.05, 4.69) is 67.7 Å². The second kappa shape index (κ2) is 4.54. The summed E-state index contributed by atoms with van der Waals surface area (Å²) in [5.74, 6) is 0.544. The molecular weight excluding hydrogens is 182 g/mol. The van der Waals surface area contributed by atoms with Crippen LogP contribution >= 0.6 is 0 Å². The maximum absolute atomic E-state index is 3.62. The molecule has 0 amide bonds. The van der Waals surface area contributed by atoms with E-state index in [1.54, 1.807) is 0 Å². The Kier molecular flexibility index (Phi) is 3.12. The van der Waals surface area contributed by atoms with E-state index >= 15 is 0 Å². The Morgan fingerprint density at radius 3 is 2.60 bits per heavy atom. The number of nitrogens with one attached hydrogen (secondary N) is 1.